The predicted octanol–water partition coefficient (Wildman–Crippen LogP) is 3.03. The van der Waals surface area contributed by atoms with Gasteiger partial charge >= 0.3 is 0 Å². The third-order valence-electron chi connectivity index (χ3n) is 3.72. The number of hydrogen-bond acceptors (Lipinski definition) is 5. The highest BCUT2D eigenvalue weighted by Gasteiger charge is 2.24. The molecule has 3 rings (SSSR count). The van der Waals surface area contributed by atoms with Crippen LogP contribution in [-0.2, 0) is 0 Å². The van der Waals surface area contributed by atoms with Gasteiger partial charge in [0, 0.05) is 11.6 Å². The zero-order valence-corrected chi connectivity index (χ0v) is 14.1. The van der Waals surface area contributed by atoms with Crippen LogP contribution in [0.5, 0.6) is 0 Å². The first-order valence-electron chi connectivity index (χ1n) is 7.86. The smallest absolute Gasteiger partial charge is 0.274 e. The number of carbonyl (C=O) groups is 1. The molecule has 3 aromatic rings. The van der Waals surface area contributed by atoms with Crippen molar-refractivity contribution in [2.75, 3.05) is 0 Å². The molecular formula is C17H18FN5O2. The molecule has 0 saturated heterocycles. The summed E-state index contributed by atoms with van der Waals surface area (Å²) in [5, 5.41) is 13.6. The summed E-state index contributed by atoms with van der Waals surface area (Å²) in [5.74, 6) is 0.932. The number of benzene rings is 1. The molecular weight excluding hydrogens is 325 g/mol. The van der Waals surface area contributed by atoms with Gasteiger partial charge in [0.05, 0.1) is 6.04 Å². The van der Waals surface area contributed by atoms with Crippen LogP contribution in [0.2, 0.25) is 0 Å². The summed E-state index contributed by atoms with van der Waals surface area (Å²) >= 11 is 0. The van der Waals surface area contributed by atoms with E-state index in [0.717, 1.165) is 0 Å². The van der Waals surface area contributed by atoms with Gasteiger partial charge in [-0.3, -0.25) is 9.89 Å². The molecule has 0 aliphatic heterocycles. The average molecular weight is 343 g/mol. The number of nitrogens with one attached hydrogen (secondary N) is 2. The minimum atomic E-state index is -0.390. The maximum atomic E-state index is 13.0. The lowest BCUT2D eigenvalue weighted by Crippen LogP contribution is -2.32. The first kappa shape index (κ1) is 16.8. The number of H-pyrrole nitrogens is 1. The standard InChI is InChI=1S/C17H18FN5O2/c1-9(2)15(16-19-10(3)21-22-16)20-17(24)13-8-14(25-23-13)11-4-6-12(18)7-5-11/h4-9,15H,1-3H3,(H,20,24)(H,19,21,22)/t15-/m0/s1. The molecule has 0 spiro atoms. The minimum absolute atomic E-state index is 0.0858. The van der Waals surface area contributed by atoms with Crippen LogP contribution < -0.4 is 5.32 Å². The van der Waals surface area contributed by atoms with Gasteiger partial charge in [-0.05, 0) is 37.1 Å². The summed E-state index contributed by atoms with van der Waals surface area (Å²) < 4.78 is 18.2. The van der Waals surface area contributed by atoms with Crippen LogP contribution in [0.1, 0.15) is 42.0 Å². The molecule has 2 heterocycles. The van der Waals surface area contributed by atoms with E-state index in [9.17, 15) is 9.18 Å². The van der Waals surface area contributed by atoms with Crippen molar-refractivity contribution in [1.29, 1.82) is 0 Å². The Morgan fingerprint density at radius 1 is 1.28 bits per heavy atom. The number of aromatic amines is 1. The number of rotatable bonds is 5. The highest BCUT2D eigenvalue weighted by molar-refractivity contribution is 5.93. The molecule has 0 radical (unpaired) electrons. The topological polar surface area (TPSA) is 96.7 Å². The van der Waals surface area contributed by atoms with Crippen LogP contribution in [0.3, 0.4) is 0 Å². The van der Waals surface area contributed by atoms with Crippen molar-refractivity contribution in [2.24, 2.45) is 5.92 Å². The monoisotopic (exact) mass is 343 g/mol. The van der Waals surface area contributed by atoms with E-state index in [2.05, 4.69) is 25.7 Å². The summed E-state index contributed by atoms with van der Waals surface area (Å²) in [5.41, 5.74) is 0.773. The molecule has 0 bridgehead atoms. The van der Waals surface area contributed by atoms with Gasteiger partial charge in [-0.1, -0.05) is 19.0 Å². The van der Waals surface area contributed by atoms with Gasteiger partial charge in [-0.25, -0.2) is 9.37 Å². The Kier molecular flexibility index (Phi) is 4.60. The van der Waals surface area contributed by atoms with E-state index < -0.39 is 5.91 Å². The highest BCUT2D eigenvalue weighted by atomic mass is 19.1. The molecule has 0 unspecified atom stereocenters. The zero-order chi connectivity index (χ0) is 18.0. The van der Waals surface area contributed by atoms with Gasteiger partial charge < -0.3 is 9.84 Å². The molecule has 0 fully saturated rings. The van der Waals surface area contributed by atoms with Crippen LogP contribution in [0.25, 0.3) is 11.3 Å². The lowest BCUT2D eigenvalue weighted by Gasteiger charge is -2.18. The first-order valence-corrected chi connectivity index (χ1v) is 7.86. The number of aromatic nitrogens is 4. The fraction of sp³-hybridized carbons (Fsp3) is 0.294. The zero-order valence-electron chi connectivity index (χ0n) is 14.1. The lowest BCUT2D eigenvalue weighted by molar-refractivity contribution is 0.0914. The van der Waals surface area contributed by atoms with E-state index >= 15 is 0 Å². The number of amides is 1. The summed E-state index contributed by atoms with van der Waals surface area (Å²) in [6.07, 6.45) is 0. The molecule has 1 atom stereocenters. The highest BCUT2D eigenvalue weighted by Crippen LogP contribution is 2.22. The molecule has 2 aromatic heterocycles. The molecule has 8 heteroatoms. The molecule has 130 valence electrons. The van der Waals surface area contributed by atoms with Crippen molar-refractivity contribution in [1.82, 2.24) is 25.7 Å². The van der Waals surface area contributed by atoms with Crippen molar-refractivity contribution in [3.8, 4) is 11.3 Å². The van der Waals surface area contributed by atoms with E-state index in [-0.39, 0.29) is 23.5 Å². The van der Waals surface area contributed by atoms with Gasteiger partial charge in [0.15, 0.2) is 17.3 Å². The third-order valence-corrected chi connectivity index (χ3v) is 3.72. The summed E-state index contributed by atoms with van der Waals surface area (Å²) in [6, 6.07) is 6.91. The number of hydrogen-bond donors (Lipinski definition) is 2. The molecule has 25 heavy (non-hydrogen) atoms. The SMILES string of the molecule is Cc1nc([C@@H](NC(=O)c2cc(-c3ccc(F)cc3)on2)C(C)C)n[nH]1. The van der Waals surface area contributed by atoms with Crippen molar-refractivity contribution in [2.45, 2.75) is 26.8 Å². The second-order valence-corrected chi connectivity index (χ2v) is 6.06. The third kappa shape index (κ3) is 3.73. The van der Waals surface area contributed by atoms with Crippen LogP contribution in [0.4, 0.5) is 4.39 Å². The Labute approximate surface area is 143 Å². The quantitative estimate of drug-likeness (QED) is 0.742. The average Bonchev–Trinajstić information content (AvgIpc) is 3.22. The predicted molar refractivity (Wildman–Crippen MR) is 88.1 cm³/mol. The summed E-state index contributed by atoms with van der Waals surface area (Å²) in [7, 11) is 0. The minimum Gasteiger partial charge on any atom is -0.355 e. The summed E-state index contributed by atoms with van der Waals surface area (Å²) in [4.78, 5) is 16.8. The fourth-order valence-electron chi connectivity index (χ4n) is 2.38. The van der Waals surface area contributed by atoms with Crippen LogP contribution in [0.15, 0.2) is 34.9 Å². The first-order chi connectivity index (χ1) is 11.9. The van der Waals surface area contributed by atoms with Gasteiger partial charge in [0.2, 0.25) is 0 Å². The molecule has 2 N–H and O–H groups in total. The molecule has 7 nitrogen and oxygen atoms in total. The lowest BCUT2D eigenvalue weighted by atomic mass is 10.0. The summed E-state index contributed by atoms with van der Waals surface area (Å²) in [6.45, 7) is 5.72. The van der Waals surface area contributed by atoms with Crippen molar-refractivity contribution in [3.63, 3.8) is 0 Å². The Morgan fingerprint density at radius 2 is 2.00 bits per heavy atom. The van der Waals surface area contributed by atoms with E-state index in [0.29, 0.717) is 23.0 Å². The van der Waals surface area contributed by atoms with Crippen LogP contribution >= 0.6 is 0 Å². The number of halogens is 1. The molecule has 0 aliphatic carbocycles. The molecule has 1 aromatic carbocycles. The van der Waals surface area contributed by atoms with Crippen molar-refractivity contribution >= 4 is 5.91 Å². The Morgan fingerprint density at radius 3 is 2.60 bits per heavy atom. The van der Waals surface area contributed by atoms with Crippen LogP contribution in [0, 0.1) is 18.7 Å². The van der Waals surface area contributed by atoms with Crippen molar-refractivity contribution < 1.29 is 13.7 Å². The number of aryl methyl sites for hydroxylation is 1. The maximum absolute atomic E-state index is 13.0. The van der Waals surface area contributed by atoms with Gasteiger partial charge in [-0.2, -0.15) is 5.10 Å². The Bertz CT molecular complexity index is 869. The number of nitrogens with zero attached hydrogens (tertiary/aromatic N) is 3. The van der Waals surface area contributed by atoms with Crippen LogP contribution in [-0.4, -0.2) is 26.2 Å². The molecule has 1 amide bonds. The van der Waals surface area contributed by atoms with E-state index in [1.807, 2.05) is 13.8 Å². The second-order valence-electron chi connectivity index (χ2n) is 6.06. The molecule has 0 aliphatic rings. The number of carbonyl (C=O) groups excluding carboxylic acids is 1. The second kappa shape index (κ2) is 6.84. The van der Waals surface area contributed by atoms with Gasteiger partial charge in [0.1, 0.15) is 11.6 Å². The van der Waals surface area contributed by atoms with Crippen molar-refractivity contribution in [3.05, 3.63) is 53.5 Å². The Balaban J connectivity index is 1.77. The fourth-order valence-corrected chi connectivity index (χ4v) is 2.38. The Hall–Kier alpha value is -3.03. The van der Waals surface area contributed by atoms with E-state index in [1.54, 1.807) is 19.1 Å². The maximum Gasteiger partial charge on any atom is 0.274 e. The normalized spacial score (nSPS) is 12.4. The van der Waals surface area contributed by atoms with E-state index in [4.69, 9.17) is 4.52 Å². The largest absolute Gasteiger partial charge is 0.355 e. The van der Waals surface area contributed by atoms with E-state index in [1.165, 1.54) is 18.2 Å². The van der Waals surface area contributed by atoms with Gasteiger partial charge in [-0.15, -0.1) is 0 Å². The molecule has 0 saturated carbocycles. The van der Waals surface area contributed by atoms with Gasteiger partial charge in [0.25, 0.3) is 5.91 Å².